The molecule has 0 aromatic carbocycles. The zero-order valence-corrected chi connectivity index (χ0v) is 11.8. The molecule has 0 amide bonds. The Morgan fingerprint density at radius 3 is 2.83 bits per heavy atom. The van der Waals surface area contributed by atoms with Crippen molar-refractivity contribution in [3.05, 3.63) is 23.9 Å². The first-order valence-electron chi connectivity index (χ1n) is 6.52. The molecule has 1 heterocycles. The van der Waals surface area contributed by atoms with Crippen LogP contribution in [0.2, 0.25) is 0 Å². The molecule has 0 aliphatic rings. The van der Waals surface area contributed by atoms with Crippen LogP contribution in [0.1, 0.15) is 38.8 Å². The summed E-state index contributed by atoms with van der Waals surface area (Å²) in [6, 6.07) is 4.31. The lowest BCUT2D eigenvalue weighted by atomic mass is 10.1. The van der Waals surface area contributed by atoms with E-state index in [1.807, 2.05) is 19.1 Å². The first-order chi connectivity index (χ1) is 8.67. The Hall–Kier alpha value is -1.13. The second kappa shape index (κ2) is 8.06. The minimum atomic E-state index is 0.0108. The van der Waals surface area contributed by atoms with Gasteiger partial charge in [-0.15, -0.1) is 0 Å². The van der Waals surface area contributed by atoms with Gasteiger partial charge in [0.2, 0.25) is 5.88 Å². The molecule has 2 atom stereocenters. The molecule has 1 aromatic rings. The summed E-state index contributed by atoms with van der Waals surface area (Å²) in [5, 5.41) is 3.45. The molecule has 0 bridgehead atoms. The van der Waals surface area contributed by atoms with E-state index in [9.17, 15) is 0 Å². The molecule has 1 N–H and O–H groups in total. The molecule has 0 aliphatic heterocycles. The van der Waals surface area contributed by atoms with Gasteiger partial charge in [0.05, 0.1) is 6.61 Å². The fourth-order valence-corrected chi connectivity index (χ4v) is 1.71. The van der Waals surface area contributed by atoms with E-state index in [1.54, 1.807) is 13.3 Å². The Balaban J connectivity index is 2.61. The zero-order valence-electron chi connectivity index (χ0n) is 11.8. The SMILES string of the molecule is CCCNC(C)c1ccnc(OC(C)COC)c1. The zero-order chi connectivity index (χ0) is 13.4. The predicted molar refractivity (Wildman–Crippen MR) is 72.9 cm³/mol. The molecule has 102 valence electrons. The van der Waals surface area contributed by atoms with Crippen molar-refractivity contribution < 1.29 is 9.47 Å². The lowest BCUT2D eigenvalue weighted by molar-refractivity contribution is 0.0889. The molecular weight excluding hydrogens is 228 g/mol. The number of methoxy groups -OCH3 is 1. The third-order valence-corrected chi connectivity index (χ3v) is 2.68. The Morgan fingerprint density at radius 2 is 2.17 bits per heavy atom. The Morgan fingerprint density at radius 1 is 1.39 bits per heavy atom. The van der Waals surface area contributed by atoms with Gasteiger partial charge in [0.25, 0.3) is 0 Å². The van der Waals surface area contributed by atoms with Crippen LogP contribution in [0.3, 0.4) is 0 Å². The van der Waals surface area contributed by atoms with E-state index in [2.05, 4.69) is 24.1 Å². The van der Waals surface area contributed by atoms with Crippen molar-refractivity contribution in [2.45, 2.75) is 39.3 Å². The van der Waals surface area contributed by atoms with Crippen molar-refractivity contribution >= 4 is 0 Å². The molecule has 0 fully saturated rings. The molecule has 1 aromatic heterocycles. The molecule has 0 radical (unpaired) electrons. The summed E-state index contributed by atoms with van der Waals surface area (Å²) in [6.45, 7) is 7.85. The standard InChI is InChI=1S/C14H24N2O2/c1-5-7-15-12(3)13-6-8-16-14(9-13)18-11(2)10-17-4/h6,8-9,11-12,15H,5,7,10H2,1-4H3. The maximum atomic E-state index is 5.69. The monoisotopic (exact) mass is 252 g/mol. The van der Waals surface area contributed by atoms with Gasteiger partial charge in [-0.25, -0.2) is 4.98 Å². The highest BCUT2D eigenvalue weighted by molar-refractivity contribution is 5.23. The molecule has 2 unspecified atom stereocenters. The van der Waals surface area contributed by atoms with Gasteiger partial charge in [-0.1, -0.05) is 6.92 Å². The number of rotatable bonds is 8. The molecule has 0 saturated carbocycles. The summed E-state index contributed by atoms with van der Waals surface area (Å²) in [7, 11) is 1.67. The van der Waals surface area contributed by atoms with E-state index in [0.717, 1.165) is 13.0 Å². The van der Waals surface area contributed by atoms with E-state index >= 15 is 0 Å². The summed E-state index contributed by atoms with van der Waals surface area (Å²) in [5.41, 5.74) is 1.19. The molecule has 4 heteroatoms. The Kier molecular flexibility index (Phi) is 6.68. The van der Waals surface area contributed by atoms with Crippen LogP contribution in [0.15, 0.2) is 18.3 Å². The van der Waals surface area contributed by atoms with Crippen molar-refractivity contribution in [2.75, 3.05) is 20.3 Å². The number of nitrogens with one attached hydrogen (secondary N) is 1. The van der Waals surface area contributed by atoms with E-state index in [1.165, 1.54) is 5.56 Å². The highest BCUT2D eigenvalue weighted by atomic mass is 16.5. The first kappa shape index (κ1) is 14.9. The van der Waals surface area contributed by atoms with Crippen LogP contribution in [0.5, 0.6) is 5.88 Å². The quantitative estimate of drug-likeness (QED) is 0.772. The molecule has 1 rings (SSSR count). The summed E-state index contributed by atoms with van der Waals surface area (Å²) >= 11 is 0. The van der Waals surface area contributed by atoms with Crippen LogP contribution >= 0.6 is 0 Å². The van der Waals surface area contributed by atoms with E-state index in [0.29, 0.717) is 18.5 Å². The summed E-state index contributed by atoms with van der Waals surface area (Å²) < 4.78 is 10.7. The summed E-state index contributed by atoms with van der Waals surface area (Å²) in [4.78, 5) is 4.22. The second-order valence-corrected chi connectivity index (χ2v) is 4.49. The van der Waals surface area contributed by atoms with Crippen molar-refractivity contribution in [1.82, 2.24) is 10.3 Å². The van der Waals surface area contributed by atoms with Crippen molar-refractivity contribution in [2.24, 2.45) is 0 Å². The van der Waals surface area contributed by atoms with Gasteiger partial charge < -0.3 is 14.8 Å². The molecule has 0 aliphatic carbocycles. The van der Waals surface area contributed by atoms with E-state index < -0.39 is 0 Å². The average Bonchev–Trinajstić information content (AvgIpc) is 2.36. The van der Waals surface area contributed by atoms with Gasteiger partial charge in [-0.3, -0.25) is 0 Å². The smallest absolute Gasteiger partial charge is 0.213 e. The molecule has 18 heavy (non-hydrogen) atoms. The lowest BCUT2D eigenvalue weighted by Crippen LogP contribution is -2.21. The number of aromatic nitrogens is 1. The van der Waals surface area contributed by atoms with Crippen molar-refractivity contribution in [1.29, 1.82) is 0 Å². The van der Waals surface area contributed by atoms with E-state index in [-0.39, 0.29) is 6.10 Å². The van der Waals surface area contributed by atoms with Gasteiger partial charge in [-0.2, -0.15) is 0 Å². The molecular formula is C14H24N2O2. The normalized spacial score (nSPS) is 14.2. The topological polar surface area (TPSA) is 43.4 Å². The van der Waals surface area contributed by atoms with Gasteiger partial charge in [-0.05, 0) is 38.4 Å². The number of nitrogens with zero attached hydrogens (tertiary/aromatic N) is 1. The van der Waals surface area contributed by atoms with Gasteiger partial charge >= 0.3 is 0 Å². The van der Waals surface area contributed by atoms with Gasteiger partial charge in [0, 0.05) is 25.4 Å². The number of hydrogen-bond donors (Lipinski definition) is 1. The van der Waals surface area contributed by atoms with Crippen molar-refractivity contribution in [3.63, 3.8) is 0 Å². The predicted octanol–water partition coefficient (Wildman–Crippen LogP) is 2.56. The molecule has 4 nitrogen and oxygen atoms in total. The van der Waals surface area contributed by atoms with Crippen LogP contribution in [-0.4, -0.2) is 31.3 Å². The number of ether oxygens (including phenoxy) is 2. The molecule has 0 spiro atoms. The largest absolute Gasteiger partial charge is 0.472 e. The van der Waals surface area contributed by atoms with Gasteiger partial charge in [0.1, 0.15) is 6.10 Å². The highest BCUT2D eigenvalue weighted by Gasteiger charge is 2.08. The van der Waals surface area contributed by atoms with Crippen LogP contribution in [-0.2, 0) is 4.74 Å². The maximum absolute atomic E-state index is 5.69. The van der Waals surface area contributed by atoms with Crippen LogP contribution in [0.25, 0.3) is 0 Å². The fraction of sp³-hybridized carbons (Fsp3) is 0.643. The third-order valence-electron chi connectivity index (χ3n) is 2.68. The highest BCUT2D eigenvalue weighted by Crippen LogP contribution is 2.17. The van der Waals surface area contributed by atoms with Crippen LogP contribution < -0.4 is 10.1 Å². The number of hydrogen-bond acceptors (Lipinski definition) is 4. The van der Waals surface area contributed by atoms with Gasteiger partial charge in [0.15, 0.2) is 0 Å². The fourth-order valence-electron chi connectivity index (χ4n) is 1.71. The minimum Gasteiger partial charge on any atom is -0.472 e. The van der Waals surface area contributed by atoms with Crippen LogP contribution in [0.4, 0.5) is 0 Å². The lowest BCUT2D eigenvalue weighted by Gasteiger charge is -2.16. The number of pyridine rings is 1. The Labute approximate surface area is 110 Å². The second-order valence-electron chi connectivity index (χ2n) is 4.49. The van der Waals surface area contributed by atoms with Crippen molar-refractivity contribution in [3.8, 4) is 5.88 Å². The maximum Gasteiger partial charge on any atom is 0.213 e. The van der Waals surface area contributed by atoms with Crippen LogP contribution in [0, 0.1) is 0 Å². The summed E-state index contributed by atoms with van der Waals surface area (Å²) in [5.74, 6) is 0.655. The third kappa shape index (κ3) is 5.02. The average molecular weight is 252 g/mol. The summed E-state index contributed by atoms with van der Waals surface area (Å²) in [6.07, 6.45) is 2.93. The first-order valence-corrected chi connectivity index (χ1v) is 6.52. The minimum absolute atomic E-state index is 0.0108. The Bertz CT molecular complexity index is 344. The molecule has 0 saturated heterocycles. The van der Waals surface area contributed by atoms with E-state index in [4.69, 9.17) is 9.47 Å².